The van der Waals surface area contributed by atoms with Crippen molar-refractivity contribution in [3.8, 4) is 0 Å². The molecule has 3 rings (SSSR count). The van der Waals surface area contributed by atoms with E-state index in [1.807, 2.05) is 36.4 Å². The molecule has 0 radical (unpaired) electrons. The molecule has 4 nitrogen and oxygen atoms in total. The minimum Gasteiger partial charge on any atom is -0.364 e. The summed E-state index contributed by atoms with van der Waals surface area (Å²) < 4.78 is 0. The Bertz CT molecular complexity index is 731. The molecule has 0 saturated heterocycles. The molecule has 0 atom stereocenters. The van der Waals surface area contributed by atoms with Gasteiger partial charge in [0, 0.05) is 23.6 Å². The fourth-order valence-corrected chi connectivity index (χ4v) is 2.30. The molecule has 2 N–H and O–H groups in total. The normalized spacial score (nSPS) is 15.0. The van der Waals surface area contributed by atoms with Gasteiger partial charge < -0.3 is 5.32 Å². The van der Waals surface area contributed by atoms with Crippen LogP contribution in [0.5, 0.6) is 0 Å². The van der Waals surface area contributed by atoms with Crippen LogP contribution in [0.2, 0.25) is 0 Å². The Balaban J connectivity index is 2.15. The van der Waals surface area contributed by atoms with Gasteiger partial charge in [0.05, 0.1) is 0 Å². The van der Waals surface area contributed by atoms with Crippen molar-refractivity contribution in [2.75, 3.05) is 7.05 Å². The second-order valence-corrected chi connectivity index (χ2v) is 4.60. The SMILES string of the molecule is CNC(=S)N/N=C1/C(=O)c2cccc3cccc1c23. The van der Waals surface area contributed by atoms with Crippen LogP contribution in [-0.4, -0.2) is 23.7 Å². The third kappa shape index (κ3) is 1.79. The number of ketones is 1. The molecule has 0 aliphatic heterocycles. The molecular formula is C14H11N3OS. The largest absolute Gasteiger partial charge is 0.364 e. The van der Waals surface area contributed by atoms with Gasteiger partial charge in [-0.1, -0.05) is 36.4 Å². The molecule has 0 saturated carbocycles. The number of nitrogens with zero attached hydrogens (tertiary/aromatic N) is 1. The van der Waals surface area contributed by atoms with Gasteiger partial charge in [-0.2, -0.15) is 5.10 Å². The van der Waals surface area contributed by atoms with Crippen LogP contribution < -0.4 is 10.7 Å². The quantitative estimate of drug-likeness (QED) is 0.612. The molecule has 1 aliphatic carbocycles. The maximum atomic E-state index is 12.3. The van der Waals surface area contributed by atoms with Crippen LogP contribution in [-0.2, 0) is 0 Å². The zero-order valence-electron chi connectivity index (χ0n) is 10.2. The van der Waals surface area contributed by atoms with Crippen LogP contribution in [0.4, 0.5) is 0 Å². The highest BCUT2D eigenvalue weighted by atomic mass is 32.1. The number of Topliss-reactive ketones (excluding diaryl/α,β-unsaturated/α-hetero) is 1. The highest BCUT2D eigenvalue weighted by Gasteiger charge is 2.28. The first-order valence-corrected chi connectivity index (χ1v) is 6.25. The van der Waals surface area contributed by atoms with Crippen LogP contribution in [0.15, 0.2) is 41.5 Å². The summed E-state index contributed by atoms with van der Waals surface area (Å²) in [5.41, 5.74) is 4.63. The lowest BCUT2D eigenvalue weighted by atomic mass is 10.1. The smallest absolute Gasteiger partial charge is 0.214 e. The number of hydrogen-bond donors (Lipinski definition) is 2. The summed E-state index contributed by atoms with van der Waals surface area (Å²) in [4.78, 5) is 12.3. The number of thiocarbonyl (C=S) groups is 1. The Hall–Kier alpha value is -2.27. The Labute approximate surface area is 115 Å². The van der Waals surface area contributed by atoms with E-state index in [-0.39, 0.29) is 5.78 Å². The number of carbonyl (C=O) groups is 1. The van der Waals surface area contributed by atoms with Gasteiger partial charge in [0.15, 0.2) is 5.11 Å². The average Bonchev–Trinajstić information content (AvgIpc) is 2.72. The van der Waals surface area contributed by atoms with Gasteiger partial charge in [-0.25, -0.2) is 0 Å². The summed E-state index contributed by atoms with van der Waals surface area (Å²) in [5, 5.41) is 9.27. The van der Waals surface area contributed by atoms with Gasteiger partial charge in [0.25, 0.3) is 0 Å². The fraction of sp³-hybridized carbons (Fsp3) is 0.0714. The van der Waals surface area contributed by atoms with E-state index in [4.69, 9.17) is 12.2 Å². The van der Waals surface area contributed by atoms with E-state index in [1.54, 1.807) is 7.05 Å². The molecule has 94 valence electrons. The Kier molecular flexibility index (Phi) is 2.76. The van der Waals surface area contributed by atoms with Crippen molar-refractivity contribution in [2.24, 2.45) is 5.10 Å². The molecule has 0 aromatic heterocycles. The summed E-state index contributed by atoms with van der Waals surface area (Å²) >= 11 is 4.96. The predicted octanol–water partition coefficient (Wildman–Crippen LogP) is 1.83. The Morgan fingerprint density at radius 3 is 2.53 bits per heavy atom. The highest BCUT2D eigenvalue weighted by molar-refractivity contribution is 7.80. The Morgan fingerprint density at radius 2 is 1.84 bits per heavy atom. The molecule has 0 fully saturated rings. The molecule has 0 unspecified atom stereocenters. The zero-order chi connectivity index (χ0) is 13.4. The van der Waals surface area contributed by atoms with E-state index in [0.717, 1.165) is 16.3 Å². The number of hydrazone groups is 1. The first-order chi connectivity index (χ1) is 9.22. The summed E-state index contributed by atoms with van der Waals surface area (Å²) in [5.74, 6) is -0.0711. The number of carbonyl (C=O) groups excluding carboxylic acids is 1. The minimum absolute atomic E-state index is 0.0711. The van der Waals surface area contributed by atoms with E-state index < -0.39 is 0 Å². The van der Waals surface area contributed by atoms with Gasteiger partial charge in [0.1, 0.15) is 5.71 Å². The number of hydrogen-bond acceptors (Lipinski definition) is 3. The summed E-state index contributed by atoms with van der Waals surface area (Å²) in [6.45, 7) is 0. The molecule has 1 aliphatic rings. The number of benzene rings is 2. The average molecular weight is 269 g/mol. The number of rotatable bonds is 1. The lowest BCUT2D eigenvalue weighted by molar-refractivity contribution is 0.106. The maximum Gasteiger partial charge on any atom is 0.214 e. The van der Waals surface area contributed by atoms with Crippen molar-refractivity contribution in [2.45, 2.75) is 0 Å². The van der Waals surface area contributed by atoms with Gasteiger partial charge in [0.2, 0.25) is 5.78 Å². The van der Waals surface area contributed by atoms with Crippen LogP contribution in [0.1, 0.15) is 15.9 Å². The van der Waals surface area contributed by atoms with Crippen molar-refractivity contribution in [3.05, 3.63) is 47.5 Å². The molecule has 0 heterocycles. The van der Waals surface area contributed by atoms with E-state index >= 15 is 0 Å². The van der Waals surface area contributed by atoms with Crippen LogP contribution in [0, 0.1) is 0 Å². The first kappa shape index (κ1) is 11.8. The van der Waals surface area contributed by atoms with Gasteiger partial charge in [-0.05, 0) is 17.6 Å². The molecular weight excluding hydrogens is 258 g/mol. The standard InChI is InChI=1S/C14H11N3OS/c1-15-14(19)17-16-12-9-6-2-4-8-5-3-7-10(11(8)9)13(12)18/h2-7H,1H3,(H2,15,17,19)/b16-12+. The van der Waals surface area contributed by atoms with Crippen molar-refractivity contribution < 1.29 is 4.79 Å². The lowest BCUT2D eigenvalue weighted by Crippen LogP contribution is -2.30. The maximum absolute atomic E-state index is 12.3. The van der Waals surface area contributed by atoms with Crippen LogP contribution in [0.25, 0.3) is 10.8 Å². The summed E-state index contributed by atoms with van der Waals surface area (Å²) in [6.07, 6.45) is 0. The van der Waals surface area contributed by atoms with Gasteiger partial charge in [-0.15, -0.1) is 0 Å². The molecule has 19 heavy (non-hydrogen) atoms. The second kappa shape index (κ2) is 4.44. The molecule has 0 amide bonds. The fourth-order valence-electron chi connectivity index (χ4n) is 2.25. The van der Waals surface area contributed by atoms with Crippen molar-refractivity contribution in [3.63, 3.8) is 0 Å². The van der Waals surface area contributed by atoms with Gasteiger partial charge in [-0.3, -0.25) is 10.2 Å². The molecule has 2 aromatic carbocycles. The van der Waals surface area contributed by atoms with Crippen molar-refractivity contribution in [1.82, 2.24) is 10.7 Å². The molecule has 0 spiro atoms. The zero-order valence-corrected chi connectivity index (χ0v) is 11.0. The third-order valence-corrected chi connectivity index (χ3v) is 3.41. The van der Waals surface area contributed by atoms with E-state index in [0.29, 0.717) is 16.4 Å². The summed E-state index contributed by atoms with van der Waals surface area (Å²) in [6, 6.07) is 11.5. The molecule has 2 aromatic rings. The van der Waals surface area contributed by atoms with Crippen LogP contribution >= 0.6 is 12.2 Å². The van der Waals surface area contributed by atoms with Crippen LogP contribution in [0.3, 0.4) is 0 Å². The van der Waals surface area contributed by atoms with E-state index in [1.165, 1.54) is 0 Å². The third-order valence-electron chi connectivity index (χ3n) is 3.12. The number of nitrogens with one attached hydrogen (secondary N) is 2. The topological polar surface area (TPSA) is 53.5 Å². The predicted molar refractivity (Wildman–Crippen MR) is 79.6 cm³/mol. The lowest BCUT2D eigenvalue weighted by Gasteiger charge is -2.02. The first-order valence-electron chi connectivity index (χ1n) is 5.84. The van der Waals surface area contributed by atoms with E-state index in [9.17, 15) is 4.79 Å². The molecule has 5 heteroatoms. The van der Waals surface area contributed by atoms with E-state index in [2.05, 4.69) is 15.8 Å². The monoisotopic (exact) mass is 269 g/mol. The molecule has 0 bridgehead atoms. The van der Waals surface area contributed by atoms with Crippen molar-refractivity contribution in [1.29, 1.82) is 0 Å². The van der Waals surface area contributed by atoms with Crippen molar-refractivity contribution >= 4 is 39.6 Å². The minimum atomic E-state index is -0.0711. The Morgan fingerprint density at radius 1 is 1.16 bits per heavy atom. The van der Waals surface area contributed by atoms with Gasteiger partial charge >= 0.3 is 0 Å². The second-order valence-electron chi connectivity index (χ2n) is 4.19. The highest BCUT2D eigenvalue weighted by Crippen LogP contribution is 2.30. The summed E-state index contributed by atoms with van der Waals surface area (Å²) in [7, 11) is 1.70.